The van der Waals surface area contributed by atoms with Crippen LogP contribution in [0.5, 0.6) is 0 Å². The van der Waals surface area contributed by atoms with Crippen molar-refractivity contribution in [1.82, 2.24) is 10.2 Å². The van der Waals surface area contributed by atoms with E-state index in [1.165, 1.54) is 12.8 Å². The van der Waals surface area contributed by atoms with Crippen LogP contribution in [0.3, 0.4) is 0 Å². The molecule has 5 rings (SSSR count). The van der Waals surface area contributed by atoms with Crippen molar-refractivity contribution >= 4 is 0 Å². The van der Waals surface area contributed by atoms with E-state index in [1.807, 2.05) is 6.92 Å². The predicted molar refractivity (Wildman–Crippen MR) is 98.7 cm³/mol. The first-order chi connectivity index (χ1) is 12.2. The number of aliphatic hydroxyl groups excluding tert-OH is 1. The maximum absolute atomic E-state index is 12.2. The summed E-state index contributed by atoms with van der Waals surface area (Å²) < 4.78 is 0. The summed E-state index contributed by atoms with van der Waals surface area (Å²) in [6.45, 7) is 6.46. The molecule has 144 valence electrons. The molecule has 0 amide bonds. The van der Waals surface area contributed by atoms with E-state index in [4.69, 9.17) is 0 Å². The number of aromatic nitrogens is 2. The fraction of sp³-hybridized carbons (Fsp3) is 0.857. The van der Waals surface area contributed by atoms with Crippen LogP contribution in [0.25, 0.3) is 0 Å². The van der Waals surface area contributed by atoms with Gasteiger partial charge in [-0.1, -0.05) is 13.8 Å². The van der Waals surface area contributed by atoms with Crippen LogP contribution in [-0.2, 0) is 12.8 Å². The third-order valence-corrected chi connectivity index (χ3v) is 9.71. The third kappa shape index (κ3) is 1.86. The molecule has 1 aromatic rings. The zero-order valence-corrected chi connectivity index (χ0v) is 16.1. The lowest BCUT2D eigenvalue weighted by molar-refractivity contribution is -0.155. The normalized spacial score (nSPS) is 52.7. The molecule has 1 aromatic heterocycles. The van der Waals surface area contributed by atoms with Gasteiger partial charge in [0.15, 0.2) is 0 Å². The number of H-pyrrole nitrogens is 2. The van der Waals surface area contributed by atoms with Gasteiger partial charge in [-0.15, -0.1) is 0 Å². The van der Waals surface area contributed by atoms with Gasteiger partial charge in [0.05, 0.1) is 11.7 Å². The number of fused-ring (bicyclic) bond motifs is 6. The van der Waals surface area contributed by atoms with Crippen LogP contribution < -0.4 is 5.56 Å². The van der Waals surface area contributed by atoms with Gasteiger partial charge in [-0.2, -0.15) is 0 Å². The fourth-order valence-electron chi connectivity index (χ4n) is 7.79. The van der Waals surface area contributed by atoms with Crippen LogP contribution >= 0.6 is 0 Å². The van der Waals surface area contributed by atoms with E-state index in [1.54, 1.807) is 0 Å². The largest absolute Gasteiger partial charge is 0.390 e. The number of nitrogens with one attached hydrogen (secondary N) is 2. The lowest BCUT2D eigenvalue weighted by Gasteiger charge is -2.60. The molecule has 3 saturated carbocycles. The van der Waals surface area contributed by atoms with Crippen molar-refractivity contribution in [2.24, 2.45) is 34.5 Å². The summed E-state index contributed by atoms with van der Waals surface area (Å²) in [5.41, 5.74) is 1.12. The number of hydrogen-bond acceptors (Lipinski definition) is 3. The zero-order chi connectivity index (χ0) is 18.5. The summed E-state index contributed by atoms with van der Waals surface area (Å²) >= 11 is 0. The topological polar surface area (TPSA) is 89.1 Å². The van der Waals surface area contributed by atoms with Crippen molar-refractivity contribution in [1.29, 1.82) is 0 Å². The van der Waals surface area contributed by atoms with Crippen LogP contribution in [0, 0.1) is 34.5 Å². The second-order valence-corrected chi connectivity index (χ2v) is 10.4. The van der Waals surface area contributed by atoms with Crippen molar-refractivity contribution in [3.8, 4) is 0 Å². The van der Waals surface area contributed by atoms with Gasteiger partial charge < -0.3 is 15.3 Å². The summed E-state index contributed by atoms with van der Waals surface area (Å²) in [7, 11) is 0. The Morgan fingerprint density at radius 1 is 1.08 bits per heavy atom. The highest BCUT2D eigenvalue weighted by molar-refractivity contribution is 5.26. The molecule has 26 heavy (non-hydrogen) atoms. The monoisotopic (exact) mass is 360 g/mol. The molecule has 0 bridgehead atoms. The Kier molecular flexibility index (Phi) is 3.31. The van der Waals surface area contributed by atoms with E-state index in [0.29, 0.717) is 23.7 Å². The van der Waals surface area contributed by atoms with Crippen molar-refractivity contribution in [2.75, 3.05) is 0 Å². The van der Waals surface area contributed by atoms with Crippen molar-refractivity contribution in [3.63, 3.8) is 0 Å². The van der Waals surface area contributed by atoms with Gasteiger partial charge >= 0.3 is 0 Å². The summed E-state index contributed by atoms with van der Waals surface area (Å²) in [5, 5.41) is 27.5. The molecule has 4 aliphatic carbocycles. The molecule has 5 nitrogen and oxygen atoms in total. The van der Waals surface area contributed by atoms with Gasteiger partial charge in [0, 0.05) is 16.7 Å². The van der Waals surface area contributed by atoms with Gasteiger partial charge in [0.25, 0.3) is 5.56 Å². The summed E-state index contributed by atoms with van der Waals surface area (Å²) in [4.78, 5) is 12.2. The SMILES string of the molecule is C[C@]12Cc3c([nH][nH]c3=O)C[C@@H]1CC[C@@H]1[C@@H]2CC[C@@]2(C)[C@H]1C[C@H](O)[C@]2(C)O. The first-order valence-corrected chi connectivity index (χ1v) is 10.4. The Balaban J connectivity index is 1.53. The molecular formula is C21H32N2O3. The second kappa shape index (κ2) is 5.05. The van der Waals surface area contributed by atoms with Crippen LogP contribution in [0.15, 0.2) is 4.79 Å². The standard InChI is InChI=1S/C21H32N2O3/c1-19-10-13-16(22-23-18(13)25)8-11(19)4-5-12-14(19)6-7-20(2)15(12)9-17(24)21(20,3)26/h11-12,14-15,17,24,26H,4-10H2,1-3H3,(H2,22,23,25)/t11-,12+,14-,15-,17-,19-,20-,21-/m0/s1. The Labute approximate surface area is 154 Å². The van der Waals surface area contributed by atoms with Gasteiger partial charge in [0.1, 0.15) is 0 Å². The molecular weight excluding hydrogens is 328 g/mol. The van der Waals surface area contributed by atoms with Crippen LogP contribution in [0.1, 0.15) is 64.1 Å². The Morgan fingerprint density at radius 3 is 2.62 bits per heavy atom. The van der Waals surface area contributed by atoms with Crippen LogP contribution in [-0.4, -0.2) is 32.1 Å². The Morgan fingerprint density at radius 2 is 1.85 bits per heavy atom. The number of hydrogen-bond donors (Lipinski definition) is 4. The maximum atomic E-state index is 12.2. The quantitative estimate of drug-likeness (QED) is 0.573. The van der Waals surface area contributed by atoms with Crippen molar-refractivity contribution < 1.29 is 10.2 Å². The van der Waals surface area contributed by atoms with Gasteiger partial charge in [-0.3, -0.25) is 9.89 Å². The van der Waals surface area contributed by atoms with Gasteiger partial charge in [0.2, 0.25) is 0 Å². The minimum atomic E-state index is -0.988. The van der Waals surface area contributed by atoms with Crippen LogP contribution in [0.2, 0.25) is 0 Å². The summed E-state index contributed by atoms with van der Waals surface area (Å²) in [5.74, 6) is 2.15. The zero-order valence-electron chi connectivity index (χ0n) is 16.1. The smallest absolute Gasteiger partial charge is 0.267 e. The highest BCUT2D eigenvalue weighted by atomic mass is 16.3. The van der Waals surface area contributed by atoms with E-state index in [0.717, 1.165) is 43.4 Å². The number of rotatable bonds is 0. The minimum absolute atomic E-state index is 0.0571. The molecule has 0 unspecified atom stereocenters. The Bertz CT molecular complexity index is 795. The first kappa shape index (κ1) is 17.1. The molecule has 3 fully saturated rings. The predicted octanol–water partition coefficient (Wildman–Crippen LogP) is 2.38. The van der Waals surface area contributed by atoms with Crippen molar-refractivity contribution in [2.45, 2.75) is 77.4 Å². The summed E-state index contributed by atoms with van der Waals surface area (Å²) in [6, 6.07) is 0. The molecule has 5 heteroatoms. The molecule has 8 atom stereocenters. The summed E-state index contributed by atoms with van der Waals surface area (Å²) in [6.07, 6.45) is 6.42. The average molecular weight is 360 g/mol. The van der Waals surface area contributed by atoms with Crippen LogP contribution in [0.4, 0.5) is 0 Å². The number of aliphatic hydroxyl groups is 2. The molecule has 0 radical (unpaired) electrons. The third-order valence-electron chi connectivity index (χ3n) is 9.71. The van der Waals surface area contributed by atoms with Crippen molar-refractivity contribution in [3.05, 3.63) is 21.6 Å². The maximum Gasteiger partial charge on any atom is 0.267 e. The van der Waals surface area contributed by atoms with E-state index in [9.17, 15) is 15.0 Å². The Hall–Kier alpha value is -1.07. The lowest BCUT2D eigenvalue weighted by atomic mass is 9.44. The second-order valence-electron chi connectivity index (χ2n) is 10.4. The molecule has 0 aromatic carbocycles. The highest BCUT2D eigenvalue weighted by Gasteiger charge is 2.66. The molecule has 0 saturated heterocycles. The highest BCUT2D eigenvalue weighted by Crippen LogP contribution is 2.67. The van der Waals surface area contributed by atoms with E-state index < -0.39 is 11.7 Å². The van der Waals surface area contributed by atoms with E-state index in [-0.39, 0.29) is 16.4 Å². The molecule has 1 heterocycles. The first-order valence-electron chi connectivity index (χ1n) is 10.4. The minimum Gasteiger partial charge on any atom is -0.390 e. The molecule has 0 aliphatic heterocycles. The molecule has 4 N–H and O–H groups in total. The fourth-order valence-corrected chi connectivity index (χ4v) is 7.79. The molecule has 0 spiro atoms. The average Bonchev–Trinajstić information content (AvgIpc) is 3.02. The van der Waals surface area contributed by atoms with Gasteiger partial charge in [-0.05, 0) is 81.0 Å². The van der Waals surface area contributed by atoms with E-state index >= 15 is 0 Å². The number of aromatic amines is 2. The van der Waals surface area contributed by atoms with Gasteiger partial charge in [-0.25, -0.2) is 0 Å². The lowest BCUT2D eigenvalue weighted by Crippen LogP contribution is -2.57. The molecule has 4 aliphatic rings. The van der Waals surface area contributed by atoms with E-state index in [2.05, 4.69) is 24.0 Å².